The molecular formula is C11H11NO5. The summed E-state index contributed by atoms with van der Waals surface area (Å²) < 4.78 is 0. The maximum Gasteiger partial charge on any atom is 0.344 e. The maximum absolute atomic E-state index is 10.7. The summed E-state index contributed by atoms with van der Waals surface area (Å²) in [6.07, 6.45) is 0.903. The predicted octanol–water partition coefficient (Wildman–Crippen LogP) is 1.11. The summed E-state index contributed by atoms with van der Waals surface area (Å²) in [6, 6.07) is 8.52. The lowest BCUT2D eigenvalue weighted by Crippen LogP contribution is -2.20. The Kier molecular flexibility index (Phi) is 4.24. The lowest BCUT2D eigenvalue weighted by atomic mass is 10.3. The van der Waals surface area contributed by atoms with Crippen LogP contribution in [0.4, 0.5) is 5.69 Å². The minimum absolute atomic E-state index is 0.523. The molecule has 90 valence electrons. The van der Waals surface area contributed by atoms with Crippen LogP contribution in [0.1, 0.15) is 0 Å². The van der Waals surface area contributed by atoms with Gasteiger partial charge in [0.2, 0.25) is 0 Å². The molecule has 0 bridgehead atoms. The van der Waals surface area contributed by atoms with Crippen molar-refractivity contribution in [3.63, 3.8) is 0 Å². The molecule has 0 amide bonds. The Bertz CT molecular complexity index is 424. The summed E-state index contributed by atoms with van der Waals surface area (Å²) in [4.78, 5) is 26.3. The molecule has 0 aliphatic rings. The van der Waals surface area contributed by atoms with Gasteiger partial charge in [0.15, 0.2) is 5.57 Å². The number of carboxylic acid groups (broad SMARTS) is 2. The number of anilines is 1. The lowest BCUT2D eigenvalue weighted by Gasteiger charge is -2.17. The third-order valence-corrected chi connectivity index (χ3v) is 1.91. The van der Waals surface area contributed by atoms with Crippen LogP contribution < -0.4 is 5.06 Å². The molecule has 0 aliphatic carbocycles. The molecule has 0 heterocycles. The molecule has 0 fully saturated rings. The number of aliphatic carboxylic acids is 2. The van der Waals surface area contributed by atoms with Gasteiger partial charge in [0.1, 0.15) is 0 Å². The Morgan fingerprint density at radius 2 is 1.71 bits per heavy atom. The fraction of sp³-hybridized carbons (Fsp3) is 0.0909. The Hall–Kier alpha value is -2.34. The van der Waals surface area contributed by atoms with Crippen molar-refractivity contribution in [3.8, 4) is 0 Å². The second-order valence-corrected chi connectivity index (χ2v) is 3.00. The standard InChI is InChI=1S/C11H11NO5/c1-17-12(8-5-3-2-4-6-8)7-9(10(13)14)11(15)16/h2-7H,1H3,(H,13,14)(H,15,16). The van der Waals surface area contributed by atoms with E-state index in [0.29, 0.717) is 5.69 Å². The van der Waals surface area contributed by atoms with E-state index in [2.05, 4.69) is 0 Å². The number of hydrogen-bond donors (Lipinski definition) is 2. The highest BCUT2D eigenvalue weighted by Gasteiger charge is 2.18. The van der Waals surface area contributed by atoms with Crippen LogP contribution in [-0.2, 0) is 14.4 Å². The van der Waals surface area contributed by atoms with Gasteiger partial charge in [-0.05, 0) is 12.1 Å². The van der Waals surface area contributed by atoms with Gasteiger partial charge in [-0.25, -0.2) is 14.7 Å². The summed E-state index contributed by atoms with van der Waals surface area (Å²) in [6.45, 7) is 0. The van der Waals surface area contributed by atoms with Gasteiger partial charge in [-0.2, -0.15) is 0 Å². The zero-order valence-corrected chi connectivity index (χ0v) is 9.03. The van der Waals surface area contributed by atoms with Gasteiger partial charge < -0.3 is 10.2 Å². The second kappa shape index (κ2) is 5.66. The number of carboxylic acids is 2. The van der Waals surface area contributed by atoms with Gasteiger partial charge in [-0.3, -0.25) is 4.84 Å². The van der Waals surface area contributed by atoms with Crippen molar-refractivity contribution < 1.29 is 24.6 Å². The Morgan fingerprint density at radius 1 is 1.18 bits per heavy atom. The van der Waals surface area contributed by atoms with E-state index in [-0.39, 0.29) is 0 Å². The summed E-state index contributed by atoms with van der Waals surface area (Å²) in [7, 11) is 1.31. The average molecular weight is 237 g/mol. The van der Waals surface area contributed by atoms with Crippen molar-refractivity contribution >= 4 is 17.6 Å². The number of hydrogen-bond acceptors (Lipinski definition) is 4. The van der Waals surface area contributed by atoms with E-state index < -0.39 is 17.5 Å². The number of para-hydroxylation sites is 1. The number of rotatable bonds is 5. The van der Waals surface area contributed by atoms with E-state index in [1.807, 2.05) is 0 Å². The molecule has 6 heteroatoms. The van der Waals surface area contributed by atoms with Crippen molar-refractivity contribution in [1.82, 2.24) is 0 Å². The lowest BCUT2D eigenvalue weighted by molar-refractivity contribution is -0.140. The number of benzene rings is 1. The molecule has 0 radical (unpaired) electrons. The number of nitrogens with zero attached hydrogens (tertiary/aromatic N) is 1. The van der Waals surface area contributed by atoms with Crippen molar-refractivity contribution in [2.45, 2.75) is 0 Å². The molecule has 0 unspecified atom stereocenters. The predicted molar refractivity (Wildman–Crippen MR) is 59.3 cm³/mol. The van der Waals surface area contributed by atoms with Crippen LogP contribution in [0.2, 0.25) is 0 Å². The molecule has 0 saturated carbocycles. The first kappa shape index (κ1) is 12.7. The van der Waals surface area contributed by atoms with Gasteiger partial charge in [-0.1, -0.05) is 18.2 Å². The zero-order chi connectivity index (χ0) is 12.8. The summed E-state index contributed by atoms with van der Waals surface area (Å²) >= 11 is 0. The molecule has 0 saturated heterocycles. The van der Waals surface area contributed by atoms with Crippen molar-refractivity contribution in [2.75, 3.05) is 12.2 Å². The summed E-state index contributed by atoms with van der Waals surface area (Å²) in [5, 5.41) is 18.5. The van der Waals surface area contributed by atoms with Crippen LogP contribution in [0.15, 0.2) is 42.1 Å². The molecule has 1 aromatic carbocycles. The largest absolute Gasteiger partial charge is 0.477 e. The molecule has 6 nitrogen and oxygen atoms in total. The Labute approximate surface area is 97.3 Å². The van der Waals surface area contributed by atoms with Crippen LogP contribution in [-0.4, -0.2) is 29.3 Å². The van der Waals surface area contributed by atoms with Gasteiger partial charge >= 0.3 is 11.9 Å². The highest BCUT2D eigenvalue weighted by molar-refractivity contribution is 6.12. The van der Waals surface area contributed by atoms with Crippen LogP contribution in [0.5, 0.6) is 0 Å². The van der Waals surface area contributed by atoms with E-state index in [4.69, 9.17) is 15.1 Å². The zero-order valence-electron chi connectivity index (χ0n) is 9.03. The Morgan fingerprint density at radius 3 is 2.12 bits per heavy atom. The third kappa shape index (κ3) is 3.32. The molecule has 0 aliphatic heterocycles. The van der Waals surface area contributed by atoms with E-state index in [1.165, 1.54) is 7.11 Å². The second-order valence-electron chi connectivity index (χ2n) is 3.00. The van der Waals surface area contributed by atoms with Crippen LogP contribution in [0, 0.1) is 0 Å². The van der Waals surface area contributed by atoms with Crippen LogP contribution in [0.3, 0.4) is 0 Å². The summed E-state index contributed by atoms with van der Waals surface area (Å²) in [5.41, 5.74) is -0.259. The monoisotopic (exact) mass is 237 g/mol. The van der Waals surface area contributed by atoms with E-state index >= 15 is 0 Å². The average Bonchev–Trinajstić information content (AvgIpc) is 2.30. The van der Waals surface area contributed by atoms with Gasteiger partial charge in [0.25, 0.3) is 0 Å². The fourth-order valence-electron chi connectivity index (χ4n) is 1.13. The molecule has 0 spiro atoms. The van der Waals surface area contributed by atoms with Crippen molar-refractivity contribution in [3.05, 3.63) is 42.1 Å². The van der Waals surface area contributed by atoms with Crippen molar-refractivity contribution in [1.29, 1.82) is 0 Å². The first-order valence-corrected chi connectivity index (χ1v) is 4.63. The first-order valence-electron chi connectivity index (χ1n) is 4.63. The topological polar surface area (TPSA) is 87.1 Å². The first-order chi connectivity index (χ1) is 8.06. The molecule has 1 rings (SSSR count). The number of hydroxylamine groups is 1. The molecule has 2 N–H and O–H groups in total. The molecule has 0 aromatic heterocycles. The SMILES string of the molecule is CON(C=C(C(=O)O)C(=O)O)c1ccccc1. The van der Waals surface area contributed by atoms with Crippen molar-refractivity contribution in [2.24, 2.45) is 0 Å². The van der Waals surface area contributed by atoms with E-state index in [9.17, 15) is 9.59 Å². The molecular weight excluding hydrogens is 226 g/mol. The third-order valence-electron chi connectivity index (χ3n) is 1.91. The molecule has 0 atom stereocenters. The molecule has 1 aromatic rings. The van der Waals surface area contributed by atoms with Gasteiger partial charge in [-0.15, -0.1) is 0 Å². The summed E-state index contributed by atoms with van der Waals surface area (Å²) in [5.74, 6) is -3.06. The minimum Gasteiger partial charge on any atom is -0.477 e. The normalized spacial score (nSPS) is 9.47. The molecule has 17 heavy (non-hydrogen) atoms. The minimum atomic E-state index is -1.53. The van der Waals surface area contributed by atoms with Crippen LogP contribution >= 0.6 is 0 Å². The smallest absolute Gasteiger partial charge is 0.344 e. The van der Waals surface area contributed by atoms with Crippen LogP contribution in [0.25, 0.3) is 0 Å². The highest BCUT2D eigenvalue weighted by atomic mass is 16.7. The Balaban J connectivity index is 3.07. The van der Waals surface area contributed by atoms with E-state index in [0.717, 1.165) is 11.3 Å². The highest BCUT2D eigenvalue weighted by Crippen LogP contribution is 2.15. The fourth-order valence-corrected chi connectivity index (χ4v) is 1.13. The van der Waals surface area contributed by atoms with Gasteiger partial charge in [0, 0.05) is 0 Å². The maximum atomic E-state index is 10.7. The number of carbonyl (C=O) groups is 2. The quantitative estimate of drug-likeness (QED) is 0.345. The van der Waals surface area contributed by atoms with Gasteiger partial charge in [0.05, 0.1) is 19.0 Å². The van der Waals surface area contributed by atoms with E-state index in [1.54, 1.807) is 30.3 Å².